The first kappa shape index (κ1) is 27.5. The Hall–Kier alpha value is -3.10. The van der Waals surface area contributed by atoms with Crippen molar-refractivity contribution in [1.82, 2.24) is 15.6 Å². The summed E-state index contributed by atoms with van der Waals surface area (Å²) in [6.07, 6.45) is 9.04. The van der Waals surface area contributed by atoms with Gasteiger partial charge in [-0.1, -0.05) is 49.4 Å². The maximum Gasteiger partial charge on any atom is 0.262 e. The van der Waals surface area contributed by atoms with Gasteiger partial charge in [0.05, 0.1) is 34.4 Å². The van der Waals surface area contributed by atoms with Crippen LogP contribution in [0.1, 0.15) is 72.5 Å². The monoisotopic (exact) mass is 566 g/mol. The molecule has 3 N–H and O–H groups in total. The number of benzene rings is 1. The first-order chi connectivity index (χ1) is 18.9. The molecule has 2 atom stereocenters. The van der Waals surface area contributed by atoms with E-state index < -0.39 is 6.04 Å². The number of nitrogens with one attached hydrogen (secondary N) is 3. The number of thiophene rings is 1. The molecule has 2 saturated carbocycles. The number of rotatable bonds is 11. The fourth-order valence-corrected chi connectivity index (χ4v) is 6.26. The minimum atomic E-state index is -0.497. The topological polar surface area (TPSA) is 92.3 Å². The second kappa shape index (κ2) is 12.4. The van der Waals surface area contributed by atoms with Gasteiger partial charge in [-0.25, -0.2) is 0 Å². The van der Waals surface area contributed by atoms with Gasteiger partial charge in [0.15, 0.2) is 0 Å². The molecular formula is C30H35ClN4O3S. The van der Waals surface area contributed by atoms with E-state index in [9.17, 15) is 9.59 Å². The normalized spacial score (nSPS) is 16.9. The molecule has 206 valence electrons. The van der Waals surface area contributed by atoms with Crippen LogP contribution in [0.3, 0.4) is 0 Å². The SMILES string of the molecule is COc1ccccc1-c1ncc(Cl)cc1N[C@@H](C)c1ccc(C(=O)N[C@@H](CC2CCCC2)C(=O)NC2CC2)s1. The molecule has 2 aromatic heterocycles. The van der Waals surface area contributed by atoms with Crippen molar-refractivity contribution < 1.29 is 14.3 Å². The molecule has 7 nitrogen and oxygen atoms in total. The number of amides is 2. The molecule has 2 aliphatic rings. The summed E-state index contributed by atoms with van der Waals surface area (Å²) < 4.78 is 5.55. The van der Waals surface area contributed by atoms with E-state index in [1.54, 1.807) is 13.3 Å². The van der Waals surface area contributed by atoms with Crippen molar-refractivity contribution in [3.05, 3.63) is 63.4 Å². The average molecular weight is 567 g/mol. The average Bonchev–Trinajstić information content (AvgIpc) is 3.37. The molecule has 1 aromatic carbocycles. The van der Waals surface area contributed by atoms with Crippen molar-refractivity contribution in [1.29, 1.82) is 0 Å². The number of pyridine rings is 1. The van der Waals surface area contributed by atoms with Gasteiger partial charge in [-0.3, -0.25) is 14.6 Å². The molecule has 3 aromatic rings. The molecule has 5 rings (SSSR count). The van der Waals surface area contributed by atoms with E-state index in [1.807, 2.05) is 49.4 Å². The van der Waals surface area contributed by atoms with Crippen LogP contribution in [0, 0.1) is 5.92 Å². The Morgan fingerprint density at radius 1 is 1.13 bits per heavy atom. The van der Waals surface area contributed by atoms with Gasteiger partial charge in [0.2, 0.25) is 5.91 Å². The third-order valence-corrected chi connectivity index (χ3v) is 8.93. The number of anilines is 1. The highest BCUT2D eigenvalue weighted by molar-refractivity contribution is 7.14. The molecule has 39 heavy (non-hydrogen) atoms. The Morgan fingerprint density at radius 3 is 2.64 bits per heavy atom. The Labute approximate surface area is 238 Å². The van der Waals surface area contributed by atoms with Crippen molar-refractivity contribution >= 4 is 40.4 Å². The van der Waals surface area contributed by atoms with E-state index in [4.69, 9.17) is 16.3 Å². The Morgan fingerprint density at radius 2 is 1.90 bits per heavy atom. The third-order valence-electron chi connectivity index (χ3n) is 7.46. The zero-order valence-electron chi connectivity index (χ0n) is 22.3. The summed E-state index contributed by atoms with van der Waals surface area (Å²) in [5, 5.41) is 10.2. The zero-order chi connectivity index (χ0) is 27.4. The molecule has 2 aliphatic carbocycles. The van der Waals surface area contributed by atoms with Crippen LogP contribution in [-0.4, -0.2) is 36.0 Å². The van der Waals surface area contributed by atoms with E-state index in [0.29, 0.717) is 22.2 Å². The first-order valence-corrected chi connectivity index (χ1v) is 14.9. The molecule has 2 heterocycles. The highest BCUT2D eigenvalue weighted by atomic mass is 35.5. The fraction of sp³-hybridized carbons (Fsp3) is 0.433. The van der Waals surface area contributed by atoms with Crippen LogP contribution in [0.2, 0.25) is 5.02 Å². The van der Waals surface area contributed by atoms with Crippen LogP contribution in [0.5, 0.6) is 5.75 Å². The second-order valence-electron chi connectivity index (χ2n) is 10.5. The Balaban J connectivity index is 1.29. The highest BCUT2D eigenvalue weighted by Crippen LogP contribution is 2.37. The van der Waals surface area contributed by atoms with Gasteiger partial charge >= 0.3 is 0 Å². The second-order valence-corrected chi connectivity index (χ2v) is 12.1. The molecule has 0 radical (unpaired) electrons. The lowest BCUT2D eigenvalue weighted by Gasteiger charge is -2.21. The van der Waals surface area contributed by atoms with Gasteiger partial charge in [0.1, 0.15) is 11.8 Å². The largest absolute Gasteiger partial charge is 0.496 e. The first-order valence-electron chi connectivity index (χ1n) is 13.7. The molecule has 9 heteroatoms. The van der Waals surface area contributed by atoms with Crippen molar-refractivity contribution in [3.63, 3.8) is 0 Å². The predicted molar refractivity (Wildman–Crippen MR) is 157 cm³/mol. The third kappa shape index (κ3) is 6.92. The van der Waals surface area contributed by atoms with E-state index in [0.717, 1.165) is 53.3 Å². The molecule has 0 aliphatic heterocycles. The summed E-state index contributed by atoms with van der Waals surface area (Å²) >= 11 is 7.73. The lowest BCUT2D eigenvalue weighted by molar-refractivity contribution is -0.123. The number of nitrogens with zero attached hydrogens (tertiary/aromatic N) is 1. The smallest absolute Gasteiger partial charge is 0.262 e. The fourth-order valence-electron chi connectivity index (χ4n) is 5.19. The Bertz CT molecular complexity index is 1320. The summed E-state index contributed by atoms with van der Waals surface area (Å²) in [4.78, 5) is 32.3. The van der Waals surface area contributed by atoms with Crippen LogP contribution in [-0.2, 0) is 4.79 Å². The van der Waals surface area contributed by atoms with Crippen molar-refractivity contribution in [2.24, 2.45) is 5.92 Å². The van der Waals surface area contributed by atoms with Crippen LogP contribution in [0.25, 0.3) is 11.3 Å². The summed E-state index contributed by atoms with van der Waals surface area (Å²) in [5.74, 6) is 0.955. The molecule has 0 unspecified atom stereocenters. The molecule has 2 fully saturated rings. The van der Waals surface area contributed by atoms with E-state index >= 15 is 0 Å². The number of halogens is 1. The zero-order valence-corrected chi connectivity index (χ0v) is 23.9. The van der Waals surface area contributed by atoms with Crippen LogP contribution in [0.15, 0.2) is 48.7 Å². The summed E-state index contributed by atoms with van der Waals surface area (Å²) in [6.45, 7) is 2.03. The summed E-state index contributed by atoms with van der Waals surface area (Å²) in [5.41, 5.74) is 2.36. The number of methoxy groups -OCH3 is 1. The van der Waals surface area contributed by atoms with E-state index in [1.165, 1.54) is 24.2 Å². The minimum absolute atomic E-state index is 0.0538. The van der Waals surface area contributed by atoms with E-state index in [2.05, 4.69) is 20.9 Å². The molecule has 0 spiro atoms. The lowest BCUT2D eigenvalue weighted by atomic mass is 9.97. The van der Waals surface area contributed by atoms with Gasteiger partial charge in [-0.2, -0.15) is 0 Å². The number of carbonyl (C=O) groups excluding carboxylic acids is 2. The Kier molecular flexibility index (Phi) is 8.72. The standard InChI is InChI=1S/C30H35ClN4O3S/c1-18(33-23-16-20(31)17-32-28(23)22-9-5-6-10-25(22)38-2)26-13-14-27(39-26)30(37)35-24(15-19-7-3-4-8-19)29(36)34-21-11-12-21/h5-6,9-10,13-14,16-19,21,24,33H,3-4,7-8,11-12,15H2,1-2H3,(H,34,36)(H,35,37)/t18-,24-/m0/s1. The van der Waals surface area contributed by atoms with Gasteiger partial charge in [-0.15, -0.1) is 11.3 Å². The number of aromatic nitrogens is 1. The summed E-state index contributed by atoms with van der Waals surface area (Å²) in [6, 6.07) is 13.0. The number of para-hydroxylation sites is 1. The van der Waals surface area contributed by atoms with Gasteiger partial charge in [0.25, 0.3) is 5.91 Å². The molecule has 0 bridgehead atoms. The van der Waals surface area contributed by atoms with E-state index in [-0.39, 0.29) is 23.9 Å². The number of ether oxygens (including phenoxy) is 1. The maximum atomic E-state index is 13.2. The molecular weight excluding hydrogens is 532 g/mol. The maximum absolute atomic E-state index is 13.2. The number of hydrogen-bond donors (Lipinski definition) is 3. The highest BCUT2D eigenvalue weighted by Gasteiger charge is 2.31. The number of hydrogen-bond acceptors (Lipinski definition) is 6. The van der Waals surface area contributed by atoms with Gasteiger partial charge in [0, 0.05) is 22.7 Å². The number of carbonyl (C=O) groups is 2. The quantitative estimate of drug-likeness (QED) is 0.243. The van der Waals surface area contributed by atoms with Gasteiger partial charge < -0.3 is 20.7 Å². The minimum Gasteiger partial charge on any atom is -0.496 e. The molecule has 0 saturated heterocycles. The predicted octanol–water partition coefficient (Wildman–Crippen LogP) is 6.60. The summed E-state index contributed by atoms with van der Waals surface area (Å²) in [7, 11) is 1.64. The molecule has 2 amide bonds. The van der Waals surface area contributed by atoms with Crippen molar-refractivity contribution in [2.45, 2.75) is 70.0 Å². The van der Waals surface area contributed by atoms with Crippen molar-refractivity contribution in [3.8, 4) is 17.0 Å². The van der Waals surface area contributed by atoms with Crippen LogP contribution >= 0.6 is 22.9 Å². The van der Waals surface area contributed by atoms with Crippen molar-refractivity contribution in [2.75, 3.05) is 12.4 Å². The van der Waals surface area contributed by atoms with Crippen LogP contribution in [0.4, 0.5) is 5.69 Å². The van der Waals surface area contributed by atoms with Crippen LogP contribution < -0.4 is 20.7 Å². The lowest BCUT2D eigenvalue weighted by Crippen LogP contribution is -2.48. The van der Waals surface area contributed by atoms with Gasteiger partial charge in [-0.05, 0) is 62.4 Å².